The Morgan fingerprint density at radius 1 is 0.958 bits per heavy atom. The Morgan fingerprint density at radius 3 is 2.38 bits per heavy atom. The molecule has 1 saturated heterocycles. The van der Waals surface area contributed by atoms with Crippen LogP contribution in [-0.4, -0.2) is 58.0 Å². The van der Waals surface area contributed by atoms with Gasteiger partial charge in [0.15, 0.2) is 11.5 Å². The number of aromatic nitrogens is 2. The number of aromatic amines is 1. The van der Waals surface area contributed by atoms with Crippen molar-refractivity contribution < 1.29 is 14.0 Å². The highest BCUT2D eigenvalue weighted by atomic mass is 16.3. The predicted octanol–water partition coefficient (Wildman–Crippen LogP) is 1.75. The van der Waals surface area contributed by atoms with Gasteiger partial charge in [-0.25, -0.2) is 0 Å². The normalized spacial score (nSPS) is 15.0. The van der Waals surface area contributed by atoms with Gasteiger partial charge in [-0.1, -0.05) is 18.2 Å². The summed E-state index contributed by atoms with van der Waals surface area (Å²) in [6, 6.07) is 10.9. The average molecular weight is 324 g/mol. The van der Waals surface area contributed by atoms with E-state index in [1.54, 1.807) is 21.9 Å². The standard InChI is InChI=1S/C17H16N4O3/c22-16(14-6-3-11-24-14)20-7-9-21(10-8-20)17(23)15-12-4-1-2-5-13(12)18-19-15/h1-6,11H,7-10H2,(H,18,19). The van der Waals surface area contributed by atoms with Crippen molar-refractivity contribution in [1.82, 2.24) is 20.0 Å². The number of fused-ring (bicyclic) bond motifs is 1. The summed E-state index contributed by atoms with van der Waals surface area (Å²) in [5, 5.41) is 7.85. The van der Waals surface area contributed by atoms with Gasteiger partial charge >= 0.3 is 0 Å². The fourth-order valence-corrected chi connectivity index (χ4v) is 2.94. The van der Waals surface area contributed by atoms with Crippen LogP contribution in [0, 0.1) is 0 Å². The molecule has 0 bridgehead atoms. The first-order valence-electron chi connectivity index (χ1n) is 7.79. The molecule has 0 saturated carbocycles. The van der Waals surface area contributed by atoms with Crippen molar-refractivity contribution in [1.29, 1.82) is 0 Å². The first kappa shape index (κ1) is 14.5. The lowest BCUT2D eigenvalue weighted by molar-refractivity contribution is 0.0516. The molecule has 0 spiro atoms. The molecule has 0 atom stereocenters. The van der Waals surface area contributed by atoms with Crippen molar-refractivity contribution in [3.05, 3.63) is 54.1 Å². The molecule has 24 heavy (non-hydrogen) atoms. The minimum atomic E-state index is -0.141. The number of nitrogens with one attached hydrogen (secondary N) is 1. The van der Waals surface area contributed by atoms with E-state index >= 15 is 0 Å². The fraction of sp³-hybridized carbons (Fsp3) is 0.235. The van der Waals surface area contributed by atoms with Gasteiger partial charge in [0.2, 0.25) is 0 Å². The van der Waals surface area contributed by atoms with Gasteiger partial charge in [-0.3, -0.25) is 14.7 Å². The number of rotatable bonds is 2. The van der Waals surface area contributed by atoms with E-state index in [0.717, 1.165) is 10.9 Å². The molecule has 2 amide bonds. The third-order valence-corrected chi connectivity index (χ3v) is 4.26. The summed E-state index contributed by atoms with van der Waals surface area (Å²) in [6.45, 7) is 1.92. The Hall–Kier alpha value is -3.09. The van der Waals surface area contributed by atoms with Crippen molar-refractivity contribution in [2.75, 3.05) is 26.2 Å². The molecule has 0 unspecified atom stereocenters. The molecule has 7 nitrogen and oxygen atoms in total. The summed E-state index contributed by atoms with van der Waals surface area (Å²) >= 11 is 0. The number of amides is 2. The van der Waals surface area contributed by atoms with Crippen molar-refractivity contribution in [2.45, 2.75) is 0 Å². The third-order valence-electron chi connectivity index (χ3n) is 4.26. The molecule has 1 aliphatic rings. The molecule has 1 N–H and O–H groups in total. The van der Waals surface area contributed by atoms with E-state index in [4.69, 9.17) is 4.42 Å². The van der Waals surface area contributed by atoms with Crippen LogP contribution >= 0.6 is 0 Å². The highest BCUT2D eigenvalue weighted by Crippen LogP contribution is 2.18. The van der Waals surface area contributed by atoms with Gasteiger partial charge in [0.1, 0.15) is 0 Å². The Balaban J connectivity index is 1.46. The Bertz CT molecular complexity index is 876. The molecular weight excluding hydrogens is 308 g/mol. The van der Waals surface area contributed by atoms with Crippen molar-refractivity contribution in [2.24, 2.45) is 0 Å². The summed E-state index contributed by atoms with van der Waals surface area (Å²) in [5.41, 5.74) is 1.27. The minimum absolute atomic E-state index is 0.113. The maximum Gasteiger partial charge on any atom is 0.289 e. The van der Waals surface area contributed by atoms with Crippen LogP contribution < -0.4 is 0 Å². The summed E-state index contributed by atoms with van der Waals surface area (Å²) in [6.07, 6.45) is 1.48. The molecule has 0 aliphatic carbocycles. The van der Waals surface area contributed by atoms with Crippen LogP contribution in [-0.2, 0) is 0 Å². The topological polar surface area (TPSA) is 82.4 Å². The lowest BCUT2D eigenvalue weighted by atomic mass is 10.2. The van der Waals surface area contributed by atoms with Gasteiger partial charge in [0.05, 0.1) is 11.8 Å². The van der Waals surface area contributed by atoms with Crippen molar-refractivity contribution >= 4 is 22.7 Å². The van der Waals surface area contributed by atoms with Crippen LogP contribution in [0.15, 0.2) is 47.1 Å². The molecule has 3 heterocycles. The SMILES string of the molecule is O=C(c1ccco1)N1CCN(C(=O)c2n[nH]c3ccccc23)CC1. The summed E-state index contributed by atoms with van der Waals surface area (Å²) in [7, 11) is 0. The number of furan rings is 1. The molecular formula is C17H16N4O3. The molecule has 0 radical (unpaired) electrons. The lowest BCUT2D eigenvalue weighted by Crippen LogP contribution is -2.50. The molecule has 122 valence electrons. The van der Waals surface area contributed by atoms with Crippen molar-refractivity contribution in [3.63, 3.8) is 0 Å². The number of nitrogens with zero attached hydrogens (tertiary/aromatic N) is 3. The molecule has 2 aromatic heterocycles. The van der Waals surface area contributed by atoms with E-state index in [1.807, 2.05) is 24.3 Å². The van der Waals surface area contributed by atoms with E-state index in [0.29, 0.717) is 37.6 Å². The van der Waals surface area contributed by atoms with Gasteiger partial charge in [-0.05, 0) is 18.2 Å². The maximum absolute atomic E-state index is 12.7. The van der Waals surface area contributed by atoms with E-state index in [2.05, 4.69) is 10.2 Å². The maximum atomic E-state index is 12.7. The van der Waals surface area contributed by atoms with E-state index < -0.39 is 0 Å². The van der Waals surface area contributed by atoms with Crippen LogP contribution in [0.4, 0.5) is 0 Å². The Labute approximate surface area is 137 Å². The quantitative estimate of drug-likeness (QED) is 0.778. The molecule has 1 fully saturated rings. The highest BCUT2D eigenvalue weighted by Gasteiger charge is 2.28. The lowest BCUT2D eigenvalue weighted by Gasteiger charge is -2.34. The number of H-pyrrole nitrogens is 1. The zero-order chi connectivity index (χ0) is 16.5. The van der Waals surface area contributed by atoms with Gasteiger partial charge in [0, 0.05) is 31.6 Å². The summed E-state index contributed by atoms with van der Waals surface area (Å²) < 4.78 is 5.14. The third kappa shape index (κ3) is 2.44. The summed E-state index contributed by atoms with van der Waals surface area (Å²) in [5.74, 6) is 0.0722. The molecule has 7 heteroatoms. The number of piperazine rings is 1. The molecule has 4 rings (SSSR count). The number of carbonyl (C=O) groups excluding carboxylic acids is 2. The molecule has 1 aliphatic heterocycles. The smallest absolute Gasteiger partial charge is 0.289 e. The second-order valence-electron chi connectivity index (χ2n) is 5.68. The van der Waals surface area contributed by atoms with Gasteiger partial charge in [-0.15, -0.1) is 0 Å². The van der Waals surface area contributed by atoms with Crippen molar-refractivity contribution in [3.8, 4) is 0 Å². The van der Waals surface area contributed by atoms with E-state index in [-0.39, 0.29) is 11.8 Å². The number of benzene rings is 1. The van der Waals surface area contributed by atoms with Crippen LogP contribution in [0.2, 0.25) is 0 Å². The average Bonchev–Trinajstić information content (AvgIpc) is 3.30. The Morgan fingerprint density at radius 2 is 1.67 bits per heavy atom. The van der Waals surface area contributed by atoms with Crippen LogP contribution in [0.5, 0.6) is 0 Å². The zero-order valence-electron chi connectivity index (χ0n) is 12.9. The summed E-state index contributed by atoms with van der Waals surface area (Å²) in [4.78, 5) is 28.4. The van der Waals surface area contributed by atoms with Crippen LogP contribution in [0.25, 0.3) is 10.9 Å². The van der Waals surface area contributed by atoms with Crippen LogP contribution in [0.1, 0.15) is 21.0 Å². The Kier molecular flexibility index (Phi) is 3.53. The first-order chi connectivity index (χ1) is 11.7. The van der Waals surface area contributed by atoms with E-state index in [1.165, 1.54) is 6.26 Å². The fourth-order valence-electron chi connectivity index (χ4n) is 2.94. The van der Waals surface area contributed by atoms with Gasteiger partial charge in [0.25, 0.3) is 11.8 Å². The van der Waals surface area contributed by atoms with Crippen LogP contribution in [0.3, 0.4) is 0 Å². The number of para-hydroxylation sites is 1. The monoisotopic (exact) mass is 324 g/mol. The first-order valence-corrected chi connectivity index (χ1v) is 7.79. The van der Waals surface area contributed by atoms with Gasteiger partial charge in [-0.2, -0.15) is 5.10 Å². The number of hydrogen-bond acceptors (Lipinski definition) is 4. The minimum Gasteiger partial charge on any atom is -0.459 e. The molecule has 3 aromatic rings. The predicted molar refractivity (Wildman–Crippen MR) is 86.6 cm³/mol. The number of carbonyl (C=O) groups is 2. The molecule has 1 aromatic carbocycles. The second kappa shape index (κ2) is 5.84. The van der Waals surface area contributed by atoms with E-state index in [9.17, 15) is 9.59 Å². The second-order valence-corrected chi connectivity index (χ2v) is 5.68. The largest absolute Gasteiger partial charge is 0.459 e. The zero-order valence-corrected chi connectivity index (χ0v) is 12.9. The number of hydrogen-bond donors (Lipinski definition) is 1. The van der Waals surface area contributed by atoms with Gasteiger partial charge < -0.3 is 14.2 Å². The highest BCUT2D eigenvalue weighted by molar-refractivity contribution is 6.04.